The minimum atomic E-state index is 0.258. The first-order valence-electron chi connectivity index (χ1n) is 6.16. The molecule has 2 unspecified atom stereocenters. The van der Waals surface area contributed by atoms with Gasteiger partial charge in [0, 0.05) is 25.8 Å². The van der Waals surface area contributed by atoms with Crippen molar-refractivity contribution in [2.24, 2.45) is 5.73 Å². The highest BCUT2D eigenvalue weighted by atomic mass is 16.5. The lowest BCUT2D eigenvalue weighted by atomic mass is 10.1. The molecule has 1 aliphatic rings. The van der Waals surface area contributed by atoms with Gasteiger partial charge in [0.2, 0.25) is 0 Å². The van der Waals surface area contributed by atoms with Gasteiger partial charge in [-0.2, -0.15) is 0 Å². The summed E-state index contributed by atoms with van der Waals surface area (Å²) in [5, 5.41) is 0. The number of rotatable bonds is 2. The molecule has 0 aromatic carbocycles. The third-order valence-electron chi connectivity index (χ3n) is 3.06. The molecule has 4 heteroatoms. The number of nitrogens with zero attached hydrogens (tertiary/aromatic N) is 2. The average molecular weight is 235 g/mol. The zero-order chi connectivity index (χ0) is 12.4. The second-order valence-electron chi connectivity index (χ2n) is 4.85. The summed E-state index contributed by atoms with van der Waals surface area (Å²) in [4.78, 5) is 6.83. The Hall–Kier alpha value is -1.13. The Morgan fingerprint density at radius 3 is 2.59 bits per heavy atom. The minimum absolute atomic E-state index is 0.258. The Morgan fingerprint density at radius 2 is 2.06 bits per heavy atom. The van der Waals surface area contributed by atoms with E-state index in [4.69, 9.17) is 10.5 Å². The van der Waals surface area contributed by atoms with Crippen molar-refractivity contribution in [2.45, 2.75) is 39.5 Å². The van der Waals surface area contributed by atoms with E-state index in [1.54, 1.807) is 0 Å². The zero-order valence-corrected chi connectivity index (χ0v) is 10.8. The Bertz CT molecular complexity index is 384. The Morgan fingerprint density at radius 1 is 1.41 bits per heavy atom. The molecule has 2 atom stereocenters. The van der Waals surface area contributed by atoms with E-state index in [-0.39, 0.29) is 12.2 Å². The molecule has 1 fully saturated rings. The maximum Gasteiger partial charge on any atom is 0.131 e. The molecule has 1 aliphatic heterocycles. The molecular formula is C13H21N3O. The third-order valence-corrected chi connectivity index (χ3v) is 3.06. The van der Waals surface area contributed by atoms with Gasteiger partial charge in [0.1, 0.15) is 5.82 Å². The van der Waals surface area contributed by atoms with E-state index in [1.807, 2.05) is 6.20 Å². The minimum Gasteiger partial charge on any atom is -0.372 e. The number of hydrogen-bond donors (Lipinski definition) is 1. The largest absolute Gasteiger partial charge is 0.372 e. The summed E-state index contributed by atoms with van der Waals surface area (Å²) >= 11 is 0. The molecule has 2 N–H and O–H groups in total. The molecule has 0 bridgehead atoms. The van der Waals surface area contributed by atoms with E-state index in [0.717, 1.165) is 24.5 Å². The fourth-order valence-electron chi connectivity index (χ4n) is 2.42. The van der Waals surface area contributed by atoms with Crippen molar-refractivity contribution in [3.05, 3.63) is 23.4 Å². The number of aryl methyl sites for hydroxylation is 1. The predicted molar refractivity (Wildman–Crippen MR) is 69.1 cm³/mol. The quantitative estimate of drug-likeness (QED) is 0.843. The fourth-order valence-corrected chi connectivity index (χ4v) is 2.42. The number of anilines is 1. The van der Waals surface area contributed by atoms with Crippen LogP contribution in [0.2, 0.25) is 0 Å². The molecule has 0 amide bonds. The Kier molecular flexibility index (Phi) is 3.64. The maximum absolute atomic E-state index is 5.73. The number of hydrogen-bond acceptors (Lipinski definition) is 4. The molecule has 1 saturated heterocycles. The second-order valence-corrected chi connectivity index (χ2v) is 4.85. The summed E-state index contributed by atoms with van der Waals surface area (Å²) in [6, 6.07) is 2.12. The molecule has 17 heavy (non-hydrogen) atoms. The molecule has 1 aromatic heterocycles. The van der Waals surface area contributed by atoms with Gasteiger partial charge in [-0.05, 0) is 38.0 Å². The molecule has 0 radical (unpaired) electrons. The summed E-state index contributed by atoms with van der Waals surface area (Å²) in [6.45, 7) is 8.65. The molecule has 0 aliphatic carbocycles. The SMILES string of the molecule is Cc1cc(CN)cnc1N1CC(C)OC(C)C1. The van der Waals surface area contributed by atoms with Gasteiger partial charge in [0.25, 0.3) is 0 Å². The lowest BCUT2D eigenvalue weighted by Crippen LogP contribution is -2.46. The van der Waals surface area contributed by atoms with Crippen LogP contribution in [0.3, 0.4) is 0 Å². The second kappa shape index (κ2) is 5.02. The molecule has 0 spiro atoms. The molecule has 1 aromatic rings. The molecule has 4 nitrogen and oxygen atoms in total. The van der Waals surface area contributed by atoms with Gasteiger partial charge in [-0.15, -0.1) is 0 Å². The van der Waals surface area contributed by atoms with Crippen molar-refractivity contribution in [2.75, 3.05) is 18.0 Å². The van der Waals surface area contributed by atoms with E-state index in [2.05, 4.69) is 36.7 Å². The fraction of sp³-hybridized carbons (Fsp3) is 0.615. The van der Waals surface area contributed by atoms with Crippen LogP contribution in [-0.4, -0.2) is 30.3 Å². The lowest BCUT2D eigenvalue weighted by molar-refractivity contribution is -0.00549. The first-order valence-corrected chi connectivity index (χ1v) is 6.16. The molecular weight excluding hydrogens is 214 g/mol. The van der Waals surface area contributed by atoms with E-state index in [0.29, 0.717) is 6.54 Å². The predicted octanol–water partition coefficient (Wildman–Crippen LogP) is 1.46. The van der Waals surface area contributed by atoms with Crippen LogP contribution in [0, 0.1) is 6.92 Å². The van der Waals surface area contributed by atoms with Crippen LogP contribution in [0.1, 0.15) is 25.0 Å². The van der Waals surface area contributed by atoms with Crippen molar-refractivity contribution >= 4 is 5.82 Å². The average Bonchev–Trinajstić information content (AvgIpc) is 2.27. The van der Waals surface area contributed by atoms with Crippen LogP contribution in [0.25, 0.3) is 0 Å². The van der Waals surface area contributed by atoms with Crippen molar-refractivity contribution in [1.82, 2.24) is 4.98 Å². The van der Waals surface area contributed by atoms with Crippen LogP contribution in [-0.2, 0) is 11.3 Å². The van der Waals surface area contributed by atoms with E-state index >= 15 is 0 Å². The molecule has 2 heterocycles. The van der Waals surface area contributed by atoms with E-state index in [1.165, 1.54) is 5.56 Å². The van der Waals surface area contributed by atoms with Crippen molar-refractivity contribution in [3.63, 3.8) is 0 Å². The first kappa shape index (κ1) is 12.3. The Balaban J connectivity index is 2.21. The van der Waals surface area contributed by atoms with Gasteiger partial charge in [-0.25, -0.2) is 4.98 Å². The highest BCUT2D eigenvalue weighted by Crippen LogP contribution is 2.22. The van der Waals surface area contributed by atoms with Gasteiger partial charge in [-0.1, -0.05) is 0 Å². The monoisotopic (exact) mass is 235 g/mol. The normalized spacial score (nSPS) is 25.1. The van der Waals surface area contributed by atoms with Gasteiger partial charge >= 0.3 is 0 Å². The zero-order valence-electron chi connectivity index (χ0n) is 10.8. The van der Waals surface area contributed by atoms with Crippen LogP contribution >= 0.6 is 0 Å². The van der Waals surface area contributed by atoms with Crippen LogP contribution in [0.4, 0.5) is 5.82 Å². The van der Waals surface area contributed by atoms with Crippen LogP contribution in [0.15, 0.2) is 12.3 Å². The smallest absolute Gasteiger partial charge is 0.131 e. The van der Waals surface area contributed by atoms with Crippen LogP contribution in [0.5, 0.6) is 0 Å². The van der Waals surface area contributed by atoms with Crippen molar-refractivity contribution < 1.29 is 4.74 Å². The van der Waals surface area contributed by atoms with Gasteiger partial charge < -0.3 is 15.4 Å². The summed E-state index contributed by atoms with van der Waals surface area (Å²) in [7, 11) is 0. The number of pyridine rings is 1. The van der Waals surface area contributed by atoms with Gasteiger partial charge in [-0.3, -0.25) is 0 Å². The molecule has 0 saturated carbocycles. The van der Waals surface area contributed by atoms with Gasteiger partial charge in [0.05, 0.1) is 12.2 Å². The summed E-state index contributed by atoms with van der Waals surface area (Å²) in [5.41, 5.74) is 7.89. The highest BCUT2D eigenvalue weighted by molar-refractivity contribution is 5.48. The Labute approximate surface area is 103 Å². The summed E-state index contributed by atoms with van der Waals surface area (Å²) in [5.74, 6) is 1.06. The maximum atomic E-state index is 5.73. The highest BCUT2D eigenvalue weighted by Gasteiger charge is 2.24. The number of morpholine rings is 1. The summed E-state index contributed by atoms with van der Waals surface area (Å²) in [6.07, 6.45) is 2.39. The molecule has 2 rings (SSSR count). The standard InChI is InChI=1S/C13H21N3O/c1-9-4-12(5-14)6-15-13(9)16-7-10(2)17-11(3)8-16/h4,6,10-11H,5,7-8,14H2,1-3H3. The van der Waals surface area contributed by atoms with Crippen molar-refractivity contribution in [1.29, 1.82) is 0 Å². The van der Waals surface area contributed by atoms with Crippen molar-refractivity contribution in [3.8, 4) is 0 Å². The van der Waals surface area contributed by atoms with E-state index in [9.17, 15) is 0 Å². The number of ether oxygens (including phenoxy) is 1. The molecule has 94 valence electrons. The summed E-state index contributed by atoms with van der Waals surface area (Å²) < 4.78 is 5.73. The number of nitrogens with two attached hydrogens (primary N) is 1. The number of aromatic nitrogens is 1. The van der Waals surface area contributed by atoms with Gasteiger partial charge in [0.15, 0.2) is 0 Å². The van der Waals surface area contributed by atoms with Crippen LogP contribution < -0.4 is 10.6 Å². The van der Waals surface area contributed by atoms with E-state index < -0.39 is 0 Å². The lowest BCUT2D eigenvalue weighted by Gasteiger charge is -2.36. The first-order chi connectivity index (χ1) is 8.10. The third kappa shape index (κ3) is 2.76. The topological polar surface area (TPSA) is 51.4 Å².